The third-order valence-electron chi connectivity index (χ3n) is 4.94. The monoisotopic (exact) mass is 405 g/mol. The summed E-state index contributed by atoms with van der Waals surface area (Å²) in [6.45, 7) is 3.65. The number of hydrogen-bond acceptors (Lipinski definition) is 5. The molecule has 0 spiro atoms. The number of ether oxygens (including phenoxy) is 1. The fourth-order valence-corrected chi connectivity index (χ4v) is 3.31. The molecule has 1 N–H and O–H groups in total. The molecule has 6 nitrogen and oxygen atoms in total. The summed E-state index contributed by atoms with van der Waals surface area (Å²) in [6, 6.07) is 14.8. The van der Waals surface area contributed by atoms with Crippen LogP contribution in [0.5, 0.6) is 5.75 Å². The number of amides is 1. The van der Waals surface area contributed by atoms with Gasteiger partial charge in [0.2, 0.25) is 0 Å². The first-order valence-electron chi connectivity index (χ1n) is 9.44. The molecular formula is C23H20FN3O3. The van der Waals surface area contributed by atoms with E-state index in [0.29, 0.717) is 33.7 Å². The highest BCUT2D eigenvalue weighted by atomic mass is 19.1. The zero-order chi connectivity index (χ0) is 21.3. The van der Waals surface area contributed by atoms with Crippen molar-refractivity contribution in [3.63, 3.8) is 0 Å². The minimum atomic E-state index is -0.347. The molecule has 1 amide bonds. The maximum atomic E-state index is 13.3. The number of carbonyl (C=O) groups is 1. The number of halogens is 1. The minimum absolute atomic E-state index is 0.258. The van der Waals surface area contributed by atoms with Gasteiger partial charge in [0.1, 0.15) is 11.6 Å². The summed E-state index contributed by atoms with van der Waals surface area (Å²) >= 11 is 0. The Morgan fingerprint density at radius 2 is 1.93 bits per heavy atom. The van der Waals surface area contributed by atoms with Gasteiger partial charge in [0.25, 0.3) is 11.6 Å². The number of benzene rings is 2. The van der Waals surface area contributed by atoms with Gasteiger partial charge in [0.15, 0.2) is 0 Å². The largest absolute Gasteiger partial charge is 0.497 e. The number of aromatic nitrogens is 2. The quantitative estimate of drug-likeness (QED) is 0.514. The number of rotatable bonds is 5. The van der Waals surface area contributed by atoms with Crippen LogP contribution >= 0.6 is 0 Å². The summed E-state index contributed by atoms with van der Waals surface area (Å²) in [4.78, 5) is 17.6. The van der Waals surface area contributed by atoms with Crippen molar-refractivity contribution in [2.75, 3.05) is 7.11 Å². The van der Waals surface area contributed by atoms with Gasteiger partial charge in [-0.1, -0.05) is 17.3 Å². The van der Waals surface area contributed by atoms with Crippen LogP contribution in [0.2, 0.25) is 0 Å². The van der Waals surface area contributed by atoms with E-state index in [2.05, 4.69) is 15.5 Å². The second-order valence-electron chi connectivity index (χ2n) is 6.98. The molecule has 0 aliphatic rings. The molecule has 2 aromatic carbocycles. The first kappa shape index (κ1) is 19.6. The molecule has 4 rings (SSSR count). The molecule has 30 heavy (non-hydrogen) atoms. The molecule has 0 fully saturated rings. The summed E-state index contributed by atoms with van der Waals surface area (Å²) in [6.07, 6.45) is 0. The van der Waals surface area contributed by atoms with Crippen LogP contribution in [0, 0.1) is 12.7 Å². The predicted molar refractivity (Wildman–Crippen MR) is 111 cm³/mol. The van der Waals surface area contributed by atoms with Gasteiger partial charge in [-0.05, 0) is 61.9 Å². The average Bonchev–Trinajstić information content (AvgIpc) is 3.14. The molecule has 0 aliphatic carbocycles. The predicted octanol–water partition coefficient (Wildman–Crippen LogP) is 4.84. The first-order chi connectivity index (χ1) is 14.5. The van der Waals surface area contributed by atoms with Crippen LogP contribution in [0.15, 0.2) is 59.1 Å². The highest BCUT2D eigenvalue weighted by molar-refractivity contribution is 6.07. The van der Waals surface area contributed by atoms with Crippen molar-refractivity contribution in [1.29, 1.82) is 0 Å². The van der Waals surface area contributed by atoms with Crippen molar-refractivity contribution < 1.29 is 18.4 Å². The van der Waals surface area contributed by atoms with Crippen LogP contribution < -0.4 is 10.1 Å². The van der Waals surface area contributed by atoms with E-state index in [1.165, 1.54) is 12.1 Å². The van der Waals surface area contributed by atoms with Gasteiger partial charge >= 0.3 is 0 Å². The Morgan fingerprint density at radius 3 is 2.67 bits per heavy atom. The van der Waals surface area contributed by atoms with Gasteiger partial charge < -0.3 is 14.6 Å². The molecule has 152 valence electrons. The smallest absolute Gasteiger partial charge is 0.259 e. The normalized spacial score (nSPS) is 12.0. The molecule has 2 aromatic heterocycles. The fourth-order valence-electron chi connectivity index (χ4n) is 3.31. The minimum Gasteiger partial charge on any atom is -0.497 e. The Balaban J connectivity index is 1.72. The second kappa shape index (κ2) is 7.94. The lowest BCUT2D eigenvalue weighted by molar-refractivity contribution is 0.0941. The van der Waals surface area contributed by atoms with E-state index in [9.17, 15) is 9.18 Å². The zero-order valence-corrected chi connectivity index (χ0v) is 16.8. The number of methoxy groups -OCH3 is 1. The highest BCUT2D eigenvalue weighted by Crippen LogP contribution is 2.28. The van der Waals surface area contributed by atoms with Crippen LogP contribution in [-0.2, 0) is 0 Å². The third-order valence-corrected chi connectivity index (χ3v) is 4.94. The highest BCUT2D eigenvalue weighted by Gasteiger charge is 2.21. The van der Waals surface area contributed by atoms with Gasteiger partial charge in [-0.3, -0.25) is 4.79 Å². The van der Waals surface area contributed by atoms with Crippen LogP contribution in [0.3, 0.4) is 0 Å². The van der Waals surface area contributed by atoms with E-state index in [1.54, 1.807) is 32.2 Å². The van der Waals surface area contributed by atoms with Crippen molar-refractivity contribution in [3.05, 3.63) is 77.2 Å². The van der Waals surface area contributed by atoms with Crippen molar-refractivity contribution >= 4 is 17.0 Å². The van der Waals surface area contributed by atoms with Crippen molar-refractivity contribution in [2.24, 2.45) is 0 Å². The van der Waals surface area contributed by atoms with Gasteiger partial charge in [-0.25, -0.2) is 9.37 Å². The molecule has 0 radical (unpaired) electrons. The Labute approximate surface area is 172 Å². The molecule has 0 saturated carbocycles. The number of aryl methyl sites for hydroxylation is 1. The first-order valence-corrected chi connectivity index (χ1v) is 9.44. The topological polar surface area (TPSA) is 77.2 Å². The number of nitrogens with one attached hydrogen (secondary N) is 1. The lowest BCUT2D eigenvalue weighted by atomic mass is 10.0. The number of hydrogen-bond donors (Lipinski definition) is 1. The van der Waals surface area contributed by atoms with E-state index < -0.39 is 0 Å². The summed E-state index contributed by atoms with van der Waals surface area (Å²) in [5.41, 5.74) is 3.30. The molecule has 7 heteroatoms. The van der Waals surface area contributed by atoms with Gasteiger partial charge in [0, 0.05) is 5.56 Å². The second-order valence-corrected chi connectivity index (χ2v) is 6.98. The van der Waals surface area contributed by atoms with E-state index in [4.69, 9.17) is 9.26 Å². The number of carbonyl (C=O) groups excluding carboxylic acids is 1. The molecule has 1 atom stereocenters. The van der Waals surface area contributed by atoms with Crippen LogP contribution in [0.4, 0.5) is 4.39 Å². The molecule has 0 aliphatic heterocycles. The van der Waals surface area contributed by atoms with Crippen molar-refractivity contribution in [2.45, 2.75) is 19.9 Å². The molecule has 0 unspecified atom stereocenters. The molecule has 0 saturated heterocycles. The van der Waals surface area contributed by atoms with E-state index >= 15 is 0 Å². The molecular weight excluding hydrogens is 385 g/mol. The van der Waals surface area contributed by atoms with Crippen molar-refractivity contribution in [1.82, 2.24) is 15.5 Å². The molecule has 2 heterocycles. The van der Waals surface area contributed by atoms with Crippen molar-refractivity contribution in [3.8, 4) is 17.0 Å². The lowest BCUT2D eigenvalue weighted by Crippen LogP contribution is -2.27. The SMILES string of the molecule is COc1cccc([C@H](C)NC(=O)c2cc(-c3ccc(F)cc3)nc3onc(C)c23)c1. The van der Waals surface area contributed by atoms with E-state index in [0.717, 1.165) is 5.56 Å². The van der Waals surface area contributed by atoms with E-state index in [-0.39, 0.29) is 23.5 Å². The van der Waals surface area contributed by atoms with Gasteiger partial charge in [-0.15, -0.1) is 0 Å². The zero-order valence-electron chi connectivity index (χ0n) is 16.8. The number of nitrogens with zero attached hydrogens (tertiary/aromatic N) is 2. The molecule has 0 bridgehead atoms. The average molecular weight is 405 g/mol. The van der Waals surface area contributed by atoms with Gasteiger partial charge in [0.05, 0.1) is 35.5 Å². The maximum absolute atomic E-state index is 13.3. The Morgan fingerprint density at radius 1 is 1.17 bits per heavy atom. The molecule has 4 aromatic rings. The Kier molecular flexibility index (Phi) is 5.18. The number of fused-ring (bicyclic) bond motifs is 1. The Hall–Kier alpha value is -3.74. The van der Waals surface area contributed by atoms with Crippen LogP contribution in [0.1, 0.15) is 34.6 Å². The maximum Gasteiger partial charge on any atom is 0.259 e. The summed E-state index contributed by atoms with van der Waals surface area (Å²) in [5, 5.41) is 7.51. The summed E-state index contributed by atoms with van der Waals surface area (Å²) < 4.78 is 23.9. The van der Waals surface area contributed by atoms with Crippen LogP contribution in [-0.4, -0.2) is 23.2 Å². The fraction of sp³-hybridized carbons (Fsp3) is 0.174. The van der Waals surface area contributed by atoms with E-state index in [1.807, 2.05) is 31.2 Å². The van der Waals surface area contributed by atoms with Gasteiger partial charge in [-0.2, -0.15) is 0 Å². The summed E-state index contributed by atoms with van der Waals surface area (Å²) in [5.74, 6) is 0.0844. The van der Waals surface area contributed by atoms with Crippen LogP contribution in [0.25, 0.3) is 22.4 Å². The number of pyridine rings is 1. The summed E-state index contributed by atoms with van der Waals surface area (Å²) in [7, 11) is 1.60. The third kappa shape index (κ3) is 3.74. The lowest BCUT2D eigenvalue weighted by Gasteiger charge is -2.16. The standard InChI is InChI=1S/C23H20FN3O3/c1-13(16-5-4-6-18(11-16)29-3)25-22(28)19-12-20(15-7-9-17(24)10-8-15)26-23-21(19)14(2)27-30-23/h4-13H,1-3H3,(H,25,28)/t13-/m0/s1. The Bertz CT molecular complexity index is 1220.